The molecule has 3 unspecified atom stereocenters. The lowest BCUT2D eigenvalue weighted by atomic mass is 9.84. The maximum Gasteiger partial charge on any atom is 0.228 e. The van der Waals surface area contributed by atoms with Gasteiger partial charge in [0.2, 0.25) is 5.91 Å². The van der Waals surface area contributed by atoms with Crippen molar-refractivity contribution in [1.29, 1.82) is 0 Å². The minimum atomic E-state index is 0.00778. The Balaban J connectivity index is 1.77. The number of hydrogen-bond acceptors (Lipinski definition) is 3. The first-order valence-electron chi connectivity index (χ1n) is 6.70. The minimum absolute atomic E-state index is 0.00778. The van der Waals surface area contributed by atoms with E-state index in [2.05, 4.69) is 24.1 Å². The quantitative estimate of drug-likeness (QED) is 0.722. The van der Waals surface area contributed by atoms with Crippen molar-refractivity contribution in [2.45, 2.75) is 25.8 Å². The third-order valence-corrected chi connectivity index (χ3v) is 4.90. The molecule has 0 radical (unpaired) electrons. The van der Waals surface area contributed by atoms with E-state index in [0.29, 0.717) is 24.3 Å². The molecule has 3 atom stereocenters. The summed E-state index contributed by atoms with van der Waals surface area (Å²) < 4.78 is 5.34. The summed E-state index contributed by atoms with van der Waals surface area (Å²) in [6.45, 7) is 8.87. The highest BCUT2D eigenvalue weighted by Gasteiger charge is 2.52. The van der Waals surface area contributed by atoms with Gasteiger partial charge < -0.3 is 15.0 Å². The van der Waals surface area contributed by atoms with Gasteiger partial charge >= 0.3 is 0 Å². The van der Waals surface area contributed by atoms with Crippen LogP contribution in [0.3, 0.4) is 0 Å². The van der Waals surface area contributed by atoms with Gasteiger partial charge in [0.05, 0.1) is 12.5 Å². The Hall–Kier alpha value is -0.610. The summed E-state index contributed by atoms with van der Waals surface area (Å²) >= 11 is 0. The smallest absolute Gasteiger partial charge is 0.228 e. The van der Waals surface area contributed by atoms with Gasteiger partial charge in [0, 0.05) is 31.8 Å². The lowest BCUT2D eigenvalue weighted by Crippen LogP contribution is -2.49. The molecule has 1 amide bonds. The van der Waals surface area contributed by atoms with E-state index in [1.807, 2.05) is 0 Å². The number of carbonyl (C=O) groups excluding carboxylic acids is 1. The zero-order chi connectivity index (χ0) is 12.0. The third kappa shape index (κ3) is 1.69. The number of nitrogens with zero attached hydrogens (tertiary/aromatic N) is 1. The van der Waals surface area contributed by atoms with Crippen LogP contribution >= 0.6 is 0 Å². The topological polar surface area (TPSA) is 41.6 Å². The van der Waals surface area contributed by atoms with Crippen LogP contribution in [0.2, 0.25) is 0 Å². The van der Waals surface area contributed by atoms with Crippen LogP contribution in [0.1, 0.15) is 20.3 Å². The molecule has 3 saturated heterocycles. The highest BCUT2D eigenvalue weighted by Crippen LogP contribution is 2.41. The molecule has 96 valence electrons. The number of ether oxygens (including phenoxy) is 1. The Bertz CT molecular complexity index is 323. The average Bonchev–Trinajstić information content (AvgIpc) is 2.97. The summed E-state index contributed by atoms with van der Waals surface area (Å²) in [5, 5.41) is 3.45. The fourth-order valence-corrected chi connectivity index (χ4v) is 3.75. The number of nitrogens with one attached hydrogen (secondary N) is 1. The van der Waals surface area contributed by atoms with Crippen LogP contribution in [0, 0.1) is 17.8 Å². The molecule has 3 rings (SSSR count). The Morgan fingerprint density at radius 2 is 2.24 bits per heavy atom. The van der Waals surface area contributed by atoms with Crippen LogP contribution in [0.4, 0.5) is 0 Å². The Morgan fingerprint density at radius 3 is 2.88 bits per heavy atom. The van der Waals surface area contributed by atoms with Crippen LogP contribution in [0.15, 0.2) is 0 Å². The number of likely N-dealkylation sites (tertiary alicyclic amines) is 1. The van der Waals surface area contributed by atoms with Crippen LogP contribution in [-0.4, -0.2) is 49.2 Å². The van der Waals surface area contributed by atoms with Crippen molar-refractivity contribution < 1.29 is 9.53 Å². The second kappa shape index (κ2) is 3.95. The van der Waals surface area contributed by atoms with Crippen molar-refractivity contribution in [3.05, 3.63) is 0 Å². The van der Waals surface area contributed by atoms with Crippen molar-refractivity contribution in [2.24, 2.45) is 17.8 Å². The highest BCUT2D eigenvalue weighted by atomic mass is 16.5. The maximum atomic E-state index is 12.5. The maximum absolute atomic E-state index is 12.5. The van der Waals surface area contributed by atoms with E-state index < -0.39 is 0 Å². The number of fused-ring (bicyclic) bond motifs is 1. The second-order valence-electron chi connectivity index (χ2n) is 6.19. The zero-order valence-corrected chi connectivity index (χ0v) is 10.7. The summed E-state index contributed by atoms with van der Waals surface area (Å²) in [6.07, 6.45) is 0.902. The molecule has 0 spiro atoms. The lowest BCUT2D eigenvalue weighted by Gasteiger charge is -2.37. The molecule has 0 saturated carbocycles. The summed E-state index contributed by atoms with van der Waals surface area (Å²) in [5.41, 5.74) is 0.00778. The lowest BCUT2D eigenvalue weighted by molar-refractivity contribution is -0.139. The molecule has 3 heterocycles. The molecular weight excluding hydrogens is 216 g/mol. The fourth-order valence-electron chi connectivity index (χ4n) is 3.75. The standard InChI is InChI=1S/C13H22N2O2/c1-13(2)11-6-14-5-10(11)7-15(13)12(16)9-3-4-17-8-9/h9-11,14H,3-8H2,1-2H3. The monoisotopic (exact) mass is 238 g/mol. The number of hydrogen-bond donors (Lipinski definition) is 1. The van der Waals surface area contributed by atoms with Gasteiger partial charge in [-0.25, -0.2) is 0 Å². The van der Waals surface area contributed by atoms with Gasteiger partial charge in [0.1, 0.15) is 0 Å². The van der Waals surface area contributed by atoms with E-state index in [-0.39, 0.29) is 11.5 Å². The molecule has 17 heavy (non-hydrogen) atoms. The molecule has 4 heteroatoms. The van der Waals surface area contributed by atoms with Crippen molar-refractivity contribution >= 4 is 5.91 Å². The molecule has 0 aromatic heterocycles. The minimum Gasteiger partial charge on any atom is -0.381 e. The van der Waals surface area contributed by atoms with Crippen LogP contribution in [0.5, 0.6) is 0 Å². The van der Waals surface area contributed by atoms with Gasteiger partial charge in [-0.15, -0.1) is 0 Å². The van der Waals surface area contributed by atoms with E-state index in [0.717, 1.165) is 32.7 Å². The molecule has 0 aromatic carbocycles. The molecule has 0 aliphatic carbocycles. The first-order valence-corrected chi connectivity index (χ1v) is 6.70. The molecule has 3 fully saturated rings. The van der Waals surface area contributed by atoms with Gasteiger partial charge in [-0.2, -0.15) is 0 Å². The summed E-state index contributed by atoms with van der Waals surface area (Å²) in [4.78, 5) is 14.6. The summed E-state index contributed by atoms with van der Waals surface area (Å²) in [5.74, 6) is 1.70. The molecule has 4 nitrogen and oxygen atoms in total. The van der Waals surface area contributed by atoms with Gasteiger partial charge in [-0.3, -0.25) is 4.79 Å². The second-order valence-corrected chi connectivity index (χ2v) is 6.19. The molecule has 3 aliphatic heterocycles. The van der Waals surface area contributed by atoms with Gasteiger partial charge in [-0.1, -0.05) is 0 Å². The van der Waals surface area contributed by atoms with Crippen LogP contribution < -0.4 is 5.32 Å². The molecule has 0 aromatic rings. The highest BCUT2D eigenvalue weighted by molar-refractivity contribution is 5.80. The van der Waals surface area contributed by atoms with Crippen LogP contribution in [-0.2, 0) is 9.53 Å². The van der Waals surface area contributed by atoms with E-state index in [1.54, 1.807) is 0 Å². The van der Waals surface area contributed by atoms with Crippen molar-refractivity contribution in [2.75, 3.05) is 32.8 Å². The van der Waals surface area contributed by atoms with Crippen molar-refractivity contribution in [3.8, 4) is 0 Å². The largest absolute Gasteiger partial charge is 0.381 e. The van der Waals surface area contributed by atoms with Gasteiger partial charge in [0.25, 0.3) is 0 Å². The molecular formula is C13H22N2O2. The summed E-state index contributed by atoms with van der Waals surface area (Å²) in [7, 11) is 0. The van der Waals surface area contributed by atoms with Crippen LogP contribution in [0.25, 0.3) is 0 Å². The zero-order valence-electron chi connectivity index (χ0n) is 10.7. The normalized spacial score (nSPS) is 39.6. The first-order chi connectivity index (χ1) is 8.10. The number of amides is 1. The number of rotatable bonds is 1. The van der Waals surface area contributed by atoms with E-state index in [9.17, 15) is 4.79 Å². The van der Waals surface area contributed by atoms with E-state index in [1.165, 1.54) is 0 Å². The Kier molecular flexibility index (Phi) is 2.67. The molecule has 3 aliphatic rings. The van der Waals surface area contributed by atoms with Crippen molar-refractivity contribution in [1.82, 2.24) is 10.2 Å². The number of carbonyl (C=O) groups is 1. The van der Waals surface area contributed by atoms with Gasteiger partial charge in [0.15, 0.2) is 0 Å². The fraction of sp³-hybridized carbons (Fsp3) is 0.923. The van der Waals surface area contributed by atoms with Crippen molar-refractivity contribution in [3.63, 3.8) is 0 Å². The summed E-state index contributed by atoms with van der Waals surface area (Å²) in [6, 6.07) is 0. The Labute approximate surface area is 103 Å². The SMILES string of the molecule is CC1(C)C2CNCC2CN1C(=O)C1CCOC1. The van der Waals surface area contributed by atoms with Gasteiger partial charge in [-0.05, 0) is 32.1 Å². The van der Waals surface area contributed by atoms with E-state index >= 15 is 0 Å². The Morgan fingerprint density at radius 1 is 1.41 bits per heavy atom. The predicted molar refractivity (Wildman–Crippen MR) is 64.6 cm³/mol. The third-order valence-electron chi connectivity index (χ3n) is 4.90. The molecule has 1 N–H and O–H groups in total. The predicted octanol–water partition coefficient (Wildman–Crippen LogP) is 0.479. The average molecular weight is 238 g/mol. The molecule has 0 bridgehead atoms. The van der Waals surface area contributed by atoms with E-state index in [4.69, 9.17) is 4.74 Å². The first kappa shape index (κ1) is 11.5.